The number of fused-ring (bicyclic) bond motifs is 1. The third-order valence-electron chi connectivity index (χ3n) is 3.14. The second-order valence-corrected chi connectivity index (χ2v) is 5.33. The molecule has 1 aliphatic rings. The predicted molar refractivity (Wildman–Crippen MR) is 75.0 cm³/mol. The van der Waals surface area contributed by atoms with Gasteiger partial charge < -0.3 is 9.64 Å². The van der Waals surface area contributed by atoms with Crippen LogP contribution in [0.15, 0.2) is 16.6 Å². The van der Waals surface area contributed by atoms with Crippen LogP contribution in [0.25, 0.3) is 10.9 Å². The molecule has 19 heavy (non-hydrogen) atoms. The van der Waals surface area contributed by atoms with Gasteiger partial charge in [0.25, 0.3) is 0 Å². The lowest BCUT2D eigenvalue weighted by Crippen LogP contribution is -2.37. The number of halogens is 2. The molecule has 2 heterocycles. The van der Waals surface area contributed by atoms with Gasteiger partial charge in [-0.1, -0.05) is 0 Å². The first-order valence-electron chi connectivity index (χ1n) is 6.11. The van der Waals surface area contributed by atoms with Crippen LogP contribution in [0.2, 0.25) is 0 Å². The summed E-state index contributed by atoms with van der Waals surface area (Å²) in [5, 5.41) is 0.744. The number of rotatable bonds is 1. The Morgan fingerprint density at radius 2 is 2.00 bits per heavy atom. The van der Waals surface area contributed by atoms with Gasteiger partial charge >= 0.3 is 0 Å². The van der Waals surface area contributed by atoms with Crippen LogP contribution in [0.3, 0.4) is 0 Å². The Morgan fingerprint density at radius 3 is 2.74 bits per heavy atom. The summed E-state index contributed by atoms with van der Waals surface area (Å²) in [6.07, 6.45) is 0. The second-order valence-electron chi connectivity index (χ2n) is 4.48. The van der Waals surface area contributed by atoms with Crippen molar-refractivity contribution in [3.8, 4) is 0 Å². The van der Waals surface area contributed by atoms with E-state index in [1.165, 1.54) is 6.07 Å². The highest BCUT2D eigenvalue weighted by molar-refractivity contribution is 9.10. The Kier molecular flexibility index (Phi) is 3.36. The molecule has 0 aliphatic carbocycles. The van der Waals surface area contributed by atoms with Gasteiger partial charge in [0.2, 0.25) is 0 Å². The molecular formula is C13H13BrFN3O. The molecular weight excluding hydrogens is 313 g/mol. The zero-order chi connectivity index (χ0) is 13.4. The first-order valence-corrected chi connectivity index (χ1v) is 6.90. The molecule has 2 aromatic rings. The summed E-state index contributed by atoms with van der Waals surface area (Å²) in [7, 11) is 0. The number of benzene rings is 1. The van der Waals surface area contributed by atoms with E-state index >= 15 is 0 Å². The van der Waals surface area contributed by atoms with Gasteiger partial charge in [-0.05, 0) is 35.0 Å². The van der Waals surface area contributed by atoms with Gasteiger partial charge in [0, 0.05) is 18.5 Å². The van der Waals surface area contributed by atoms with E-state index in [2.05, 4.69) is 30.8 Å². The van der Waals surface area contributed by atoms with E-state index in [9.17, 15) is 4.39 Å². The van der Waals surface area contributed by atoms with E-state index in [0.717, 1.165) is 29.8 Å². The summed E-state index contributed by atoms with van der Waals surface area (Å²) in [4.78, 5) is 11.0. The Hall–Kier alpha value is -1.27. The largest absolute Gasteiger partial charge is 0.378 e. The van der Waals surface area contributed by atoms with E-state index in [4.69, 9.17) is 4.74 Å². The lowest BCUT2D eigenvalue weighted by molar-refractivity contribution is 0.122. The zero-order valence-electron chi connectivity index (χ0n) is 10.5. The number of aromatic nitrogens is 2. The van der Waals surface area contributed by atoms with Gasteiger partial charge in [0.15, 0.2) is 0 Å². The number of anilines is 1. The highest BCUT2D eigenvalue weighted by atomic mass is 79.9. The number of hydrogen-bond acceptors (Lipinski definition) is 4. The average molecular weight is 326 g/mol. The summed E-state index contributed by atoms with van der Waals surface area (Å²) in [5.74, 6) is 1.18. The van der Waals surface area contributed by atoms with Crippen molar-refractivity contribution in [2.24, 2.45) is 0 Å². The Balaban J connectivity index is 2.18. The van der Waals surface area contributed by atoms with Crippen LogP contribution in [0.4, 0.5) is 10.2 Å². The minimum atomic E-state index is -0.297. The van der Waals surface area contributed by atoms with Crippen molar-refractivity contribution in [1.29, 1.82) is 0 Å². The Bertz CT molecular complexity index is 629. The molecule has 0 bridgehead atoms. The summed E-state index contributed by atoms with van der Waals surface area (Å²) < 4.78 is 19.5. The molecule has 0 amide bonds. The van der Waals surface area contributed by atoms with Gasteiger partial charge in [-0.15, -0.1) is 0 Å². The van der Waals surface area contributed by atoms with Crippen LogP contribution in [0.1, 0.15) is 5.82 Å². The molecule has 4 nitrogen and oxygen atoms in total. The molecule has 0 radical (unpaired) electrons. The fraction of sp³-hybridized carbons (Fsp3) is 0.385. The van der Waals surface area contributed by atoms with E-state index in [1.54, 1.807) is 6.07 Å². The number of hydrogen-bond donors (Lipinski definition) is 0. The summed E-state index contributed by atoms with van der Waals surface area (Å²) >= 11 is 3.19. The molecule has 0 N–H and O–H groups in total. The molecule has 0 spiro atoms. The number of ether oxygens (including phenoxy) is 1. The molecule has 6 heteroatoms. The number of morpholine rings is 1. The lowest BCUT2D eigenvalue weighted by Gasteiger charge is -2.28. The van der Waals surface area contributed by atoms with Crippen molar-refractivity contribution in [1.82, 2.24) is 9.97 Å². The van der Waals surface area contributed by atoms with Gasteiger partial charge in [0.05, 0.1) is 23.2 Å². The number of nitrogens with zero attached hydrogens (tertiary/aromatic N) is 3. The van der Waals surface area contributed by atoms with Crippen LogP contribution in [-0.2, 0) is 4.74 Å². The van der Waals surface area contributed by atoms with Gasteiger partial charge in [-0.25, -0.2) is 14.4 Å². The lowest BCUT2D eigenvalue weighted by atomic mass is 10.2. The second kappa shape index (κ2) is 5.02. The third-order valence-corrected chi connectivity index (χ3v) is 3.75. The summed E-state index contributed by atoms with van der Waals surface area (Å²) in [6, 6.07) is 3.19. The van der Waals surface area contributed by atoms with Crippen molar-refractivity contribution >= 4 is 32.7 Å². The standard InChI is InChI=1S/C13H13BrFN3O/c1-8-16-12-7-10(14)11(15)6-9(12)13(17-8)18-2-4-19-5-3-18/h6-7H,2-5H2,1H3. The topological polar surface area (TPSA) is 38.2 Å². The first-order chi connectivity index (χ1) is 9.15. The molecule has 0 unspecified atom stereocenters. The monoisotopic (exact) mass is 325 g/mol. The van der Waals surface area contributed by atoms with Crippen LogP contribution in [0, 0.1) is 12.7 Å². The SMILES string of the molecule is Cc1nc(N2CCOCC2)c2cc(F)c(Br)cc2n1. The molecule has 1 saturated heterocycles. The van der Waals surface area contributed by atoms with Gasteiger partial charge in [0.1, 0.15) is 17.5 Å². The molecule has 1 aromatic carbocycles. The highest BCUT2D eigenvalue weighted by Gasteiger charge is 2.17. The number of aryl methyl sites for hydroxylation is 1. The van der Waals surface area contributed by atoms with Crippen molar-refractivity contribution in [2.75, 3.05) is 31.2 Å². The summed E-state index contributed by atoms with van der Waals surface area (Å²) in [6.45, 7) is 4.72. The summed E-state index contributed by atoms with van der Waals surface area (Å²) in [5.41, 5.74) is 0.752. The van der Waals surface area contributed by atoms with Gasteiger partial charge in [-0.2, -0.15) is 0 Å². The van der Waals surface area contributed by atoms with E-state index in [-0.39, 0.29) is 5.82 Å². The molecule has 0 saturated carbocycles. The smallest absolute Gasteiger partial charge is 0.140 e. The molecule has 3 rings (SSSR count). The average Bonchev–Trinajstić information content (AvgIpc) is 2.41. The Labute approximate surface area is 118 Å². The normalized spacial score (nSPS) is 16.1. The minimum Gasteiger partial charge on any atom is -0.378 e. The molecule has 1 fully saturated rings. The fourth-order valence-electron chi connectivity index (χ4n) is 2.24. The maximum atomic E-state index is 13.8. The van der Waals surface area contributed by atoms with Crippen LogP contribution in [-0.4, -0.2) is 36.3 Å². The van der Waals surface area contributed by atoms with Gasteiger partial charge in [-0.3, -0.25) is 0 Å². The predicted octanol–water partition coefficient (Wildman–Crippen LogP) is 2.68. The van der Waals surface area contributed by atoms with Crippen LogP contribution in [0.5, 0.6) is 0 Å². The minimum absolute atomic E-state index is 0.297. The highest BCUT2D eigenvalue weighted by Crippen LogP contribution is 2.29. The molecule has 0 atom stereocenters. The molecule has 1 aromatic heterocycles. The maximum Gasteiger partial charge on any atom is 0.140 e. The van der Waals surface area contributed by atoms with E-state index < -0.39 is 0 Å². The maximum absolute atomic E-state index is 13.8. The van der Waals surface area contributed by atoms with Crippen molar-refractivity contribution < 1.29 is 9.13 Å². The van der Waals surface area contributed by atoms with E-state index in [0.29, 0.717) is 23.5 Å². The first kappa shape index (κ1) is 12.7. The third kappa shape index (κ3) is 2.42. The van der Waals surface area contributed by atoms with Crippen molar-refractivity contribution in [3.63, 3.8) is 0 Å². The van der Waals surface area contributed by atoms with Crippen molar-refractivity contribution in [2.45, 2.75) is 6.92 Å². The Morgan fingerprint density at radius 1 is 1.26 bits per heavy atom. The molecule has 1 aliphatic heterocycles. The van der Waals surface area contributed by atoms with Crippen LogP contribution >= 0.6 is 15.9 Å². The molecule has 100 valence electrons. The van der Waals surface area contributed by atoms with Crippen molar-refractivity contribution in [3.05, 3.63) is 28.2 Å². The quantitative estimate of drug-likeness (QED) is 0.808. The van der Waals surface area contributed by atoms with E-state index in [1.807, 2.05) is 6.92 Å². The zero-order valence-corrected chi connectivity index (χ0v) is 12.1. The fourth-order valence-corrected chi connectivity index (χ4v) is 2.57. The van der Waals surface area contributed by atoms with Crippen LogP contribution < -0.4 is 4.90 Å².